The second-order valence-corrected chi connectivity index (χ2v) is 5.62. The highest BCUT2D eigenvalue weighted by atomic mass is 35.5. The maximum atomic E-state index is 6.12. The SMILES string of the molecule is Cn1ncc2c(N(Cc3ccccc3)C3=COCO3)nc(Cl)nc21. The fourth-order valence-electron chi connectivity index (χ4n) is 2.59. The molecule has 2 aromatic heterocycles. The van der Waals surface area contributed by atoms with Crippen molar-refractivity contribution in [3.05, 3.63) is 59.5 Å². The Balaban J connectivity index is 1.84. The van der Waals surface area contributed by atoms with Crippen molar-refractivity contribution >= 4 is 28.5 Å². The topological polar surface area (TPSA) is 65.3 Å². The van der Waals surface area contributed by atoms with Gasteiger partial charge in [-0.3, -0.25) is 9.58 Å². The zero-order chi connectivity index (χ0) is 16.5. The summed E-state index contributed by atoms with van der Waals surface area (Å²) < 4.78 is 12.5. The molecular formula is C16H14ClN5O2. The van der Waals surface area contributed by atoms with Crippen molar-refractivity contribution in [1.82, 2.24) is 19.7 Å². The summed E-state index contributed by atoms with van der Waals surface area (Å²) in [4.78, 5) is 10.6. The van der Waals surface area contributed by atoms with Crippen molar-refractivity contribution in [2.24, 2.45) is 7.05 Å². The third-order valence-corrected chi connectivity index (χ3v) is 3.88. The number of fused-ring (bicyclic) bond motifs is 1. The predicted molar refractivity (Wildman–Crippen MR) is 89.1 cm³/mol. The minimum Gasteiger partial charge on any atom is -0.459 e. The van der Waals surface area contributed by atoms with Crippen LogP contribution >= 0.6 is 11.6 Å². The summed E-state index contributed by atoms with van der Waals surface area (Å²) >= 11 is 6.12. The summed E-state index contributed by atoms with van der Waals surface area (Å²) in [7, 11) is 1.81. The molecule has 7 nitrogen and oxygen atoms in total. The van der Waals surface area contributed by atoms with Gasteiger partial charge in [0, 0.05) is 7.05 Å². The summed E-state index contributed by atoms with van der Waals surface area (Å²) in [6.45, 7) is 0.725. The van der Waals surface area contributed by atoms with Gasteiger partial charge < -0.3 is 9.47 Å². The molecule has 1 aromatic carbocycles. The molecule has 3 heterocycles. The molecule has 0 atom stereocenters. The number of benzene rings is 1. The van der Waals surface area contributed by atoms with Crippen molar-refractivity contribution in [2.45, 2.75) is 6.54 Å². The Labute approximate surface area is 143 Å². The fraction of sp³-hybridized carbons (Fsp3) is 0.188. The average molecular weight is 344 g/mol. The highest BCUT2D eigenvalue weighted by Gasteiger charge is 2.23. The van der Waals surface area contributed by atoms with E-state index in [9.17, 15) is 0 Å². The van der Waals surface area contributed by atoms with Crippen LogP contribution in [0.1, 0.15) is 5.56 Å². The molecular weight excluding hydrogens is 330 g/mol. The highest BCUT2D eigenvalue weighted by molar-refractivity contribution is 6.28. The first-order valence-electron chi connectivity index (χ1n) is 7.33. The maximum absolute atomic E-state index is 6.12. The van der Waals surface area contributed by atoms with Gasteiger partial charge in [-0.25, -0.2) is 0 Å². The van der Waals surface area contributed by atoms with E-state index in [4.69, 9.17) is 21.1 Å². The number of anilines is 1. The lowest BCUT2D eigenvalue weighted by Crippen LogP contribution is -2.24. The van der Waals surface area contributed by atoms with E-state index in [-0.39, 0.29) is 12.1 Å². The lowest BCUT2D eigenvalue weighted by molar-refractivity contribution is 0.0782. The largest absolute Gasteiger partial charge is 0.459 e. The van der Waals surface area contributed by atoms with Crippen LogP contribution in [0.4, 0.5) is 5.82 Å². The quantitative estimate of drug-likeness (QED) is 0.679. The number of rotatable bonds is 4. The molecule has 0 saturated heterocycles. The molecule has 4 rings (SSSR count). The van der Waals surface area contributed by atoms with Crippen LogP contribution < -0.4 is 4.90 Å². The van der Waals surface area contributed by atoms with Crippen molar-refractivity contribution in [1.29, 1.82) is 0 Å². The van der Waals surface area contributed by atoms with Crippen LogP contribution in [-0.4, -0.2) is 26.5 Å². The Hall–Kier alpha value is -2.80. The molecule has 1 aliphatic heterocycles. The van der Waals surface area contributed by atoms with E-state index in [1.165, 1.54) is 0 Å². The van der Waals surface area contributed by atoms with Gasteiger partial charge in [0.15, 0.2) is 11.5 Å². The van der Waals surface area contributed by atoms with Gasteiger partial charge in [-0.15, -0.1) is 0 Å². The third-order valence-electron chi connectivity index (χ3n) is 3.71. The molecule has 0 aliphatic carbocycles. The van der Waals surface area contributed by atoms with Gasteiger partial charge in [0.25, 0.3) is 0 Å². The van der Waals surface area contributed by atoms with Crippen molar-refractivity contribution in [3.8, 4) is 0 Å². The van der Waals surface area contributed by atoms with Crippen LogP contribution in [-0.2, 0) is 23.1 Å². The van der Waals surface area contributed by atoms with Crippen molar-refractivity contribution in [3.63, 3.8) is 0 Å². The number of aryl methyl sites for hydroxylation is 1. The first-order valence-corrected chi connectivity index (χ1v) is 7.71. The Morgan fingerprint density at radius 1 is 1.25 bits per heavy atom. The summed E-state index contributed by atoms with van der Waals surface area (Å²) in [5.41, 5.74) is 1.75. The molecule has 1 aliphatic rings. The van der Waals surface area contributed by atoms with E-state index in [0.717, 1.165) is 10.9 Å². The lowest BCUT2D eigenvalue weighted by atomic mass is 10.2. The van der Waals surface area contributed by atoms with E-state index < -0.39 is 0 Å². The summed E-state index contributed by atoms with van der Waals surface area (Å²) in [6, 6.07) is 10.0. The Kier molecular flexibility index (Phi) is 3.70. The number of nitrogens with zero attached hydrogens (tertiary/aromatic N) is 5. The van der Waals surface area contributed by atoms with Gasteiger partial charge in [0.05, 0.1) is 18.1 Å². The minimum atomic E-state index is 0.152. The van der Waals surface area contributed by atoms with Crippen LogP contribution in [0.5, 0.6) is 0 Å². The van der Waals surface area contributed by atoms with Gasteiger partial charge in [-0.2, -0.15) is 15.1 Å². The molecule has 0 spiro atoms. The van der Waals surface area contributed by atoms with E-state index in [2.05, 4.69) is 15.1 Å². The lowest BCUT2D eigenvalue weighted by Gasteiger charge is -2.23. The molecule has 3 aromatic rings. The van der Waals surface area contributed by atoms with Crippen LogP contribution in [0.2, 0.25) is 5.28 Å². The molecule has 8 heteroatoms. The molecule has 122 valence electrons. The molecule has 0 amide bonds. The number of halogens is 1. The molecule has 0 bridgehead atoms. The zero-order valence-corrected chi connectivity index (χ0v) is 13.6. The van der Waals surface area contributed by atoms with Crippen molar-refractivity contribution in [2.75, 3.05) is 11.7 Å². The highest BCUT2D eigenvalue weighted by Crippen LogP contribution is 2.30. The van der Waals surface area contributed by atoms with Crippen LogP contribution in [0.3, 0.4) is 0 Å². The Morgan fingerprint density at radius 2 is 2.08 bits per heavy atom. The normalized spacial score (nSPS) is 13.5. The Bertz CT molecular complexity index is 909. The van der Waals surface area contributed by atoms with Crippen LogP contribution in [0, 0.1) is 0 Å². The van der Waals surface area contributed by atoms with E-state index >= 15 is 0 Å². The maximum Gasteiger partial charge on any atom is 0.234 e. The molecule has 0 saturated carbocycles. The first-order chi connectivity index (χ1) is 11.7. The number of hydrogen-bond acceptors (Lipinski definition) is 6. The standard InChI is InChI=1S/C16H14ClN5O2/c1-21-14-12(7-18-21)15(20-16(17)19-14)22(13-9-23-10-24-13)8-11-5-3-2-4-6-11/h2-7,9H,8,10H2,1H3. The zero-order valence-electron chi connectivity index (χ0n) is 12.9. The molecule has 0 N–H and O–H groups in total. The molecule has 0 radical (unpaired) electrons. The van der Waals surface area contributed by atoms with Gasteiger partial charge in [0.1, 0.15) is 6.26 Å². The van der Waals surface area contributed by atoms with Gasteiger partial charge in [0.2, 0.25) is 18.0 Å². The van der Waals surface area contributed by atoms with Crippen molar-refractivity contribution < 1.29 is 9.47 Å². The van der Waals surface area contributed by atoms with E-state index in [0.29, 0.717) is 23.9 Å². The van der Waals surface area contributed by atoms with Gasteiger partial charge >= 0.3 is 0 Å². The third kappa shape index (κ3) is 2.63. The van der Waals surface area contributed by atoms with E-state index in [1.807, 2.05) is 42.3 Å². The van der Waals surface area contributed by atoms with Crippen LogP contribution in [0.25, 0.3) is 11.0 Å². The molecule has 0 fully saturated rings. The number of aromatic nitrogens is 4. The fourth-order valence-corrected chi connectivity index (χ4v) is 2.75. The Morgan fingerprint density at radius 3 is 2.83 bits per heavy atom. The number of hydrogen-bond donors (Lipinski definition) is 0. The van der Waals surface area contributed by atoms with Crippen LogP contribution in [0.15, 0.2) is 48.7 Å². The summed E-state index contributed by atoms with van der Waals surface area (Å²) in [6.07, 6.45) is 3.29. The summed E-state index contributed by atoms with van der Waals surface area (Å²) in [5, 5.41) is 5.19. The monoisotopic (exact) mass is 343 g/mol. The smallest absolute Gasteiger partial charge is 0.234 e. The average Bonchev–Trinajstić information content (AvgIpc) is 3.24. The second-order valence-electron chi connectivity index (χ2n) is 5.28. The first kappa shape index (κ1) is 14.8. The molecule has 24 heavy (non-hydrogen) atoms. The second kappa shape index (κ2) is 6.01. The molecule has 0 unspecified atom stereocenters. The minimum absolute atomic E-state index is 0.152. The van der Waals surface area contributed by atoms with Gasteiger partial charge in [-0.1, -0.05) is 30.3 Å². The van der Waals surface area contributed by atoms with E-state index in [1.54, 1.807) is 17.1 Å². The predicted octanol–water partition coefficient (Wildman–Crippen LogP) is 2.83. The number of ether oxygens (including phenoxy) is 2. The van der Waals surface area contributed by atoms with Gasteiger partial charge in [-0.05, 0) is 17.2 Å². The summed E-state index contributed by atoms with van der Waals surface area (Å²) in [5.74, 6) is 1.19.